The molecule has 2 amide bonds. The molecule has 0 bridgehead atoms. The first-order chi connectivity index (χ1) is 15.9. The average Bonchev–Trinajstić information content (AvgIpc) is 3.21. The Morgan fingerprint density at radius 1 is 1.00 bits per heavy atom. The number of hydrogen-bond acceptors (Lipinski definition) is 6. The van der Waals surface area contributed by atoms with Crippen molar-refractivity contribution >= 4 is 29.0 Å². The van der Waals surface area contributed by atoms with E-state index in [9.17, 15) is 19.5 Å². The highest BCUT2D eigenvalue weighted by atomic mass is 16.5. The quantitative estimate of drug-likeness (QED) is 0.396. The number of ketones is 1. The molecular weight excluding hydrogens is 424 g/mol. The van der Waals surface area contributed by atoms with Crippen molar-refractivity contribution in [2.24, 2.45) is 0 Å². The summed E-state index contributed by atoms with van der Waals surface area (Å²) in [5, 5.41) is 11.3. The van der Waals surface area contributed by atoms with Gasteiger partial charge in [0.1, 0.15) is 11.5 Å². The zero-order valence-corrected chi connectivity index (χ0v) is 18.8. The van der Waals surface area contributed by atoms with Crippen LogP contribution in [0.15, 0.2) is 54.1 Å². The van der Waals surface area contributed by atoms with Gasteiger partial charge in [-0.25, -0.2) is 0 Å². The van der Waals surface area contributed by atoms with E-state index in [4.69, 9.17) is 9.47 Å². The summed E-state index contributed by atoms with van der Waals surface area (Å²) in [6.07, 6.45) is 0.680. The van der Waals surface area contributed by atoms with Crippen molar-refractivity contribution in [3.05, 3.63) is 65.2 Å². The molecule has 33 heavy (non-hydrogen) atoms. The Morgan fingerprint density at radius 2 is 1.70 bits per heavy atom. The van der Waals surface area contributed by atoms with E-state index >= 15 is 0 Å². The molecule has 1 N–H and O–H groups in total. The van der Waals surface area contributed by atoms with Gasteiger partial charge in [-0.05, 0) is 36.8 Å². The Bertz CT molecular complexity index is 1140. The molecule has 4 rings (SSSR count). The first-order valence-electron chi connectivity index (χ1n) is 10.8. The molecule has 0 radical (unpaired) electrons. The molecule has 2 aliphatic rings. The molecule has 1 saturated heterocycles. The van der Waals surface area contributed by atoms with Crippen LogP contribution in [0.4, 0.5) is 5.69 Å². The first-order valence-corrected chi connectivity index (χ1v) is 10.8. The lowest BCUT2D eigenvalue weighted by Gasteiger charge is -2.34. The van der Waals surface area contributed by atoms with E-state index in [-0.39, 0.29) is 18.7 Å². The third-order valence-electron chi connectivity index (χ3n) is 6.14. The maximum atomic E-state index is 14.1. The van der Waals surface area contributed by atoms with E-state index < -0.39 is 28.9 Å². The first kappa shape index (κ1) is 22.5. The summed E-state index contributed by atoms with van der Waals surface area (Å²) in [6.45, 7) is 2.50. The van der Waals surface area contributed by atoms with Crippen molar-refractivity contribution in [3.8, 4) is 5.75 Å². The molecule has 0 aliphatic carbocycles. The van der Waals surface area contributed by atoms with Crippen LogP contribution in [-0.4, -0.2) is 61.5 Å². The third kappa shape index (κ3) is 3.21. The molecule has 172 valence electrons. The SMILES string of the molecule is CCCN1C(=O)C2(/C(=C(/O)c3ccc(OC)cc3)C(=O)C(=O)N2CCOC)c2ccccc21. The number of aliphatic hydroxyl groups is 1. The molecule has 1 spiro atoms. The van der Waals surface area contributed by atoms with Gasteiger partial charge in [0.2, 0.25) is 0 Å². The number of aliphatic hydroxyl groups excluding tert-OH is 1. The Kier molecular flexibility index (Phi) is 5.95. The van der Waals surface area contributed by atoms with Gasteiger partial charge in [-0.2, -0.15) is 0 Å². The summed E-state index contributed by atoms with van der Waals surface area (Å²) < 4.78 is 10.3. The number of methoxy groups -OCH3 is 2. The van der Waals surface area contributed by atoms with E-state index in [0.29, 0.717) is 35.5 Å². The molecule has 2 aliphatic heterocycles. The van der Waals surface area contributed by atoms with Crippen LogP contribution in [0.1, 0.15) is 24.5 Å². The number of carbonyl (C=O) groups excluding carboxylic acids is 3. The fourth-order valence-corrected chi connectivity index (χ4v) is 4.69. The lowest BCUT2D eigenvalue weighted by Crippen LogP contribution is -2.52. The van der Waals surface area contributed by atoms with Crippen LogP contribution < -0.4 is 9.64 Å². The zero-order chi connectivity index (χ0) is 23.8. The summed E-state index contributed by atoms with van der Waals surface area (Å²) in [6, 6.07) is 13.5. The number of para-hydroxylation sites is 1. The lowest BCUT2D eigenvalue weighted by molar-refractivity contribution is -0.144. The topological polar surface area (TPSA) is 96.4 Å². The monoisotopic (exact) mass is 450 g/mol. The minimum atomic E-state index is -1.76. The second kappa shape index (κ2) is 8.71. The highest BCUT2D eigenvalue weighted by Crippen LogP contribution is 2.53. The molecule has 0 saturated carbocycles. The van der Waals surface area contributed by atoms with Crippen LogP contribution >= 0.6 is 0 Å². The molecule has 0 aromatic heterocycles. The standard InChI is InChI=1S/C25H26N2O6/c1-4-13-26-19-8-6-5-7-18(19)25(24(26)31)20(22(29)23(30)27(25)14-15-32-2)21(28)16-9-11-17(33-3)12-10-16/h5-12,28H,4,13-15H2,1-3H3/b21-20+. The summed E-state index contributed by atoms with van der Waals surface area (Å²) >= 11 is 0. The third-order valence-corrected chi connectivity index (χ3v) is 6.14. The van der Waals surface area contributed by atoms with E-state index in [1.165, 1.54) is 19.1 Å². The number of anilines is 1. The number of likely N-dealkylation sites (tertiary alicyclic amines) is 1. The van der Waals surface area contributed by atoms with E-state index in [1.54, 1.807) is 53.4 Å². The fourth-order valence-electron chi connectivity index (χ4n) is 4.69. The van der Waals surface area contributed by atoms with Gasteiger partial charge in [-0.3, -0.25) is 14.4 Å². The van der Waals surface area contributed by atoms with Gasteiger partial charge in [0.15, 0.2) is 5.54 Å². The number of benzene rings is 2. The van der Waals surface area contributed by atoms with Gasteiger partial charge in [-0.1, -0.05) is 25.1 Å². The van der Waals surface area contributed by atoms with Crippen molar-refractivity contribution < 1.29 is 29.0 Å². The maximum Gasteiger partial charge on any atom is 0.296 e. The Labute approximate surface area is 192 Å². The Balaban J connectivity index is 2.02. The predicted molar refractivity (Wildman–Crippen MR) is 122 cm³/mol. The average molecular weight is 450 g/mol. The lowest BCUT2D eigenvalue weighted by atomic mass is 9.82. The molecule has 1 fully saturated rings. The number of hydrogen-bond donors (Lipinski definition) is 1. The normalized spacial score (nSPS) is 21.2. The number of Topliss-reactive ketones (excluding diaryl/α,β-unsaturated/α-hetero) is 1. The molecule has 1 atom stereocenters. The smallest absolute Gasteiger partial charge is 0.296 e. The minimum absolute atomic E-state index is 0.0144. The zero-order valence-electron chi connectivity index (χ0n) is 18.8. The van der Waals surface area contributed by atoms with Crippen LogP contribution in [-0.2, 0) is 24.7 Å². The number of ether oxygens (including phenoxy) is 2. The van der Waals surface area contributed by atoms with Crippen molar-refractivity contribution in [1.82, 2.24) is 4.90 Å². The number of amides is 2. The van der Waals surface area contributed by atoms with E-state index in [0.717, 1.165) is 0 Å². The number of carbonyl (C=O) groups is 3. The molecule has 8 heteroatoms. The molecule has 2 heterocycles. The van der Waals surface area contributed by atoms with Crippen LogP contribution in [0, 0.1) is 0 Å². The Hall–Kier alpha value is -3.65. The number of fused-ring (bicyclic) bond motifs is 2. The van der Waals surface area contributed by atoms with Gasteiger partial charge >= 0.3 is 0 Å². The molecule has 8 nitrogen and oxygen atoms in total. The van der Waals surface area contributed by atoms with Crippen molar-refractivity contribution in [2.45, 2.75) is 18.9 Å². The number of rotatable bonds is 7. The van der Waals surface area contributed by atoms with Crippen LogP contribution in [0.25, 0.3) is 5.76 Å². The largest absolute Gasteiger partial charge is 0.507 e. The molecule has 2 aromatic rings. The van der Waals surface area contributed by atoms with Crippen molar-refractivity contribution in [3.63, 3.8) is 0 Å². The van der Waals surface area contributed by atoms with Gasteiger partial charge in [0, 0.05) is 31.3 Å². The minimum Gasteiger partial charge on any atom is -0.507 e. The van der Waals surface area contributed by atoms with Crippen LogP contribution in [0.3, 0.4) is 0 Å². The highest BCUT2D eigenvalue weighted by molar-refractivity contribution is 6.50. The second-order valence-corrected chi connectivity index (χ2v) is 7.92. The second-order valence-electron chi connectivity index (χ2n) is 7.92. The highest BCUT2D eigenvalue weighted by Gasteiger charge is 2.66. The maximum absolute atomic E-state index is 14.1. The van der Waals surface area contributed by atoms with E-state index in [2.05, 4.69) is 0 Å². The van der Waals surface area contributed by atoms with Gasteiger partial charge in [-0.15, -0.1) is 0 Å². The van der Waals surface area contributed by atoms with Crippen molar-refractivity contribution in [2.75, 3.05) is 38.8 Å². The van der Waals surface area contributed by atoms with E-state index in [1.807, 2.05) is 6.92 Å². The van der Waals surface area contributed by atoms with Crippen molar-refractivity contribution in [1.29, 1.82) is 0 Å². The van der Waals surface area contributed by atoms with Gasteiger partial charge in [0.05, 0.1) is 25.0 Å². The number of nitrogens with zero attached hydrogens (tertiary/aromatic N) is 2. The molecule has 1 unspecified atom stereocenters. The summed E-state index contributed by atoms with van der Waals surface area (Å²) in [4.78, 5) is 43.5. The Morgan fingerprint density at radius 3 is 2.33 bits per heavy atom. The molecular formula is C25H26N2O6. The summed E-state index contributed by atoms with van der Waals surface area (Å²) in [5.41, 5.74) is -0.574. The fraction of sp³-hybridized carbons (Fsp3) is 0.320. The van der Waals surface area contributed by atoms with Crippen LogP contribution in [0.5, 0.6) is 5.75 Å². The van der Waals surface area contributed by atoms with Gasteiger partial charge in [0.25, 0.3) is 17.6 Å². The van der Waals surface area contributed by atoms with Gasteiger partial charge < -0.3 is 24.4 Å². The molecule has 2 aromatic carbocycles. The van der Waals surface area contributed by atoms with Crippen LogP contribution in [0.2, 0.25) is 0 Å². The predicted octanol–water partition coefficient (Wildman–Crippen LogP) is 2.67. The summed E-state index contributed by atoms with van der Waals surface area (Å²) in [5.74, 6) is -2.02. The summed E-state index contributed by atoms with van der Waals surface area (Å²) in [7, 11) is 3.00.